The van der Waals surface area contributed by atoms with E-state index in [4.69, 9.17) is 22.9 Å². The predicted octanol–water partition coefficient (Wildman–Crippen LogP) is -0.551. The molecule has 0 bridgehead atoms. The first kappa shape index (κ1) is 93.6. The Labute approximate surface area is 674 Å². The zero-order valence-electron chi connectivity index (χ0n) is 64.6. The third-order valence-electron chi connectivity index (χ3n) is 19.6. The van der Waals surface area contributed by atoms with E-state index in [0.717, 1.165) is 28.5 Å². The van der Waals surface area contributed by atoms with Crippen molar-refractivity contribution in [3.8, 4) is 0 Å². The number of carboxylic acids is 1. The zero-order valence-corrected chi connectivity index (χ0v) is 66.2. The molecule has 35 heteroatoms. The topological polar surface area (TPSA) is 565 Å². The minimum atomic E-state index is -1.92. The SMILES string of the molecule is C[C@H](N)C(=O)NCC(=O)N[C@H]1CSSC[C@@H](C(=O)O)NC(=O)[C@H](CO)NC(=O)[C@H]([C@@H](C)O)CC(=O)[C@H](Cc2ccccc2)NC(=O)[C@H]([C@@H](C)O)CC(=O)[C@H](CCCCN)CC(=O)[C@H](Cc2c[nH]c3ccccc23)NC(=O)[C@H](Cc2ccccc2)CC(=O)[C@H](Cc2ccccc2)NC(=O)[C@H](CC(N)=O)NC(=O)[C@H](CCCCN)NC1=O. The number of H-pyrrole nitrogens is 1. The molecule has 2 heterocycles. The lowest BCUT2D eigenvalue weighted by Gasteiger charge is -2.28. The van der Waals surface area contributed by atoms with Gasteiger partial charge in [0, 0.05) is 72.5 Å². The van der Waals surface area contributed by atoms with E-state index in [1.807, 2.05) is 0 Å². The van der Waals surface area contributed by atoms with Crippen LogP contribution in [0.25, 0.3) is 10.9 Å². The molecule has 1 aromatic heterocycles. The van der Waals surface area contributed by atoms with Crippen LogP contribution in [-0.4, -0.2) is 218 Å². The lowest BCUT2D eigenvalue weighted by Crippen LogP contribution is -2.59. The summed E-state index contributed by atoms with van der Waals surface area (Å²) < 4.78 is 0. The molecule has 624 valence electrons. The van der Waals surface area contributed by atoms with Gasteiger partial charge < -0.3 is 96.2 Å². The van der Waals surface area contributed by atoms with Crippen LogP contribution in [0.2, 0.25) is 0 Å². The summed E-state index contributed by atoms with van der Waals surface area (Å²) in [7, 11) is 1.53. The van der Waals surface area contributed by atoms with Crippen LogP contribution < -0.4 is 70.8 Å². The molecule has 0 saturated carbocycles. The number of nitrogens with one attached hydrogen (secondary N) is 10. The standard InChI is InChI=1S/C80H108N14O19S2/c1-45(83)72(104)86-41-71(103)87-64-43-114-115-44-65(80(112)113)94-78(110)63(42-95)93-75(107)56(47(3)97)38-69(101)60(33-50-23-11-6-12-24-50)90-74(106)55(46(2)96)37-66(98)51(25-15-17-29-81)35-67(99)61(34-53-40-85-57-27-14-13-26-54(53)57)89-73(105)52(31-48-19-7-4-8-20-48)36-68(100)59(32-49-21-9-5-10-22-49)91-77(109)62(39-70(84)102)92-76(108)58(88-79(64)111)28-16-18-30-82/h4-14,19-24,26-27,40,45-47,51-52,55-56,58-65,85,95-97H,15-18,25,28-39,41-44,81-83H2,1-3H3,(H2,84,102)(H,86,104)(H,87,103)(H,88,111)(H,89,105)(H,90,106)(H,91,109)(H,92,108)(H,93,107)(H,94,110)(H,112,113)/t45-,46+,47+,51+,52+,55-,56-,58-,59-,60-,61-,62-,63-,64-,65-/m0/s1. The number of primary amides is 1. The number of aromatic nitrogens is 1. The Kier molecular flexibility index (Phi) is 39.2. The maximum absolute atomic E-state index is 15.5. The van der Waals surface area contributed by atoms with Gasteiger partial charge in [0.15, 0.2) is 17.3 Å². The second-order valence-electron chi connectivity index (χ2n) is 28.8. The number of rotatable bonds is 26. The van der Waals surface area contributed by atoms with Crippen molar-refractivity contribution in [2.75, 3.05) is 37.7 Å². The molecular weight excluding hydrogens is 1530 g/mol. The number of aromatic amines is 1. The van der Waals surface area contributed by atoms with Crippen molar-refractivity contribution in [3.05, 3.63) is 144 Å². The monoisotopic (exact) mass is 1630 g/mol. The number of fused-ring (bicyclic) bond motifs is 1. The summed E-state index contributed by atoms with van der Waals surface area (Å²) >= 11 is 0. The number of hydrogen-bond acceptors (Lipinski definition) is 23. The number of carbonyl (C=O) groups is 15. The van der Waals surface area contributed by atoms with Crippen LogP contribution in [-0.2, 0) is 97.6 Å². The number of unbranched alkanes of at least 4 members (excludes halogenated alkanes) is 2. The van der Waals surface area contributed by atoms with Crippen molar-refractivity contribution >= 4 is 121 Å². The predicted molar refractivity (Wildman–Crippen MR) is 430 cm³/mol. The molecule has 1 aliphatic rings. The fourth-order valence-corrected chi connectivity index (χ4v) is 15.3. The number of carboxylic acid groups (broad SMARTS) is 1. The molecule has 33 nitrogen and oxygen atoms in total. The van der Waals surface area contributed by atoms with Crippen LogP contribution in [0.1, 0.15) is 114 Å². The average Bonchev–Trinajstić information content (AvgIpc) is 1.71. The fraction of sp³-hybridized carbons (Fsp3) is 0.487. The molecule has 15 atom stereocenters. The summed E-state index contributed by atoms with van der Waals surface area (Å²) in [5, 5.41) is 66.7. The van der Waals surface area contributed by atoms with Crippen LogP contribution in [0.5, 0.6) is 0 Å². The van der Waals surface area contributed by atoms with Crippen LogP contribution in [0, 0.1) is 23.7 Å². The Hall–Kier alpha value is -10.3. The molecule has 0 radical (unpaired) electrons. The number of carbonyl (C=O) groups excluding carboxylic acids is 14. The summed E-state index contributed by atoms with van der Waals surface area (Å²) in [5.41, 5.74) is 26.1. The Bertz CT molecular complexity index is 4120. The van der Waals surface area contributed by atoms with Gasteiger partial charge in [0.2, 0.25) is 59.1 Å². The first-order valence-electron chi connectivity index (χ1n) is 38.3. The molecule has 1 fully saturated rings. The first-order valence-corrected chi connectivity index (χ1v) is 40.7. The first-order chi connectivity index (χ1) is 54.9. The molecule has 4 aromatic carbocycles. The number of Topliss-reactive ketones (excluding diaryl/α,β-unsaturated/α-hetero) is 4. The molecule has 6 rings (SSSR count). The van der Waals surface area contributed by atoms with E-state index in [2.05, 4.69) is 52.8 Å². The smallest absolute Gasteiger partial charge is 0.327 e. The van der Waals surface area contributed by atoms with E-state index in [-0.39, 0.29) is 58.0 Å². The van der Waals surface area contributed by atoms with Gasteiger partial charge in [0.05, 0.1) is 67.8 Å². The molecule has 10 amide bonds. The fourth-order valence-electron chi connectivity index (χ4n) is 13.0. The zero-order chi connectivity index (χ0) is 84.3. The van der Waals surface area contributed by atoms with Crippen molar-refractivity contribution in [1.29, 1.82) is 0 Å². The number of hydrogen-bond donors (Lipinski definition) is 18. The lowest BCUT2D eigenvalue weighted by atomic mass is 9.83. The number of aliphatic carboxylic acids is 1. The van der Waals surface area contributed by atoms with E-state index in [1.165, 1.54) is 13.8 Å². The van der Waals surface area contributed by atoms with Gasteiger partial charge in [0.25, 0.3) is 0 Å². The number of nitrogens with two attached hydrogens (primary N) is 4. The number of aliphatic hydroxyl groups is 3. The summed E-state index contributed by atoms with van der Waals surface area (Å²) in [6, 6.07) is 18.1. The summed E-state index contributed by atoms with van der Waals surface area (Å²) in [4.78, 5) is 218. The molecule has 0 spiro atoms. The van der Waals surface area contributed by atoms with Crippen molar-refractivity contribution in [2.24, 2.45) is 46.6 Å². The highest BCUT2D eigenvalue weighted by molar-refractivity contribution is 8.76. The van der Waals surface area contributed by atoms with E-state index in [0.29, 0.717) is 52.4 Å². The summed E-state index contributed by atoms with van der Waals surface area (Å²) in [6.07, 6.45) is -4.85. The quantitative estimate of drug-likeness (QED) is 0.0244. The van der Waals surface area contributed by atoms with Gasteiger partial charge in [-0.2, -0.15) is 0 Å². The van der Waals surface area contributed by atoms with Crippen LogP contribution >= 0.6 is 21.6 Å². The summed E-state index contributed by atoms with van der Waals surface area (Å²) in [5.74, 6) is -21.5. The highest BCUT2D eigenvalue weighted by Crippen LogP contribution is 2.28. The van der Waals surface area contributed by atoms with E-state index >= 15 is 19.2 Å². The number of aliphatic hydroxyl groups excluding tert-OH is 3. The van der Waals surface area contributed by atoms with E-state index in [1.54, 1.807) is 121 Å². The van der Waals surface area contributed by atoms with Crippen LogP contribution in [0.4, 0.5) is 0 Å². The Morgan fingerprint density at radius 2 is 0.948 bits per heavy atom. The Morgan fingerprint density at radius 1 is 0.496 bits per heavy atom. The molecule has 0 unspecified atom stereocenters. The molecule has 5 aromatic rings. The molecule has 22 N–H and O–H groups in total. The van der Waals surface area contributed by atoms with Gasteiger partial charge in [-0.15, -0.1) is 0 Å². The molecular formula is C80H108N14O19S2. The second kappa shape index (κ2) is 48.2. The number of amides is 10. The normalized spacial score (nSPS) is 24.0. The van der Waals surface area contributed by atoms with Crippen LogP contribution in [0.15, 0.2) is 121 Å². The highest BCUT2D eigenvalue weighted by Gasteiger charge is 2.40. The van der Waals surface area contributed by atoms with E-state index in [9.17, 15) is 73.2 Å². The van der Waals surface area contributed by atoms with Crippen molar-refractivity contribution < 1.29 is 92.3 Å². The van der Waals surface area contributed by atoms with Crippen LogP contribution in [0.3, 0.4) is 0 Å². The third-order valence-corrected chi connectivity index (χ3v) is 22.0. The third kappa shape index (κ3) is 31.1. The average molecular weight is 1630 g/mol. The Morgan fingerprint density at radius 3 is 1.49 bits per heavy atom. The minimum Gasteiger partial charge on any atom is -0.480 e. The van der Waals surface area contributed by atoms with Gasteiger partial charge in [-0.3, -0.25) is 67.1 Å². The van der Waals surface area contributed by atoms with Gasteiger partial charge in [-0.1, -0.05) is 137 Å². The number of benzene rings is 4. The minimum absolute atomic E-state index is 0.0372. The molecule has 0 aliphatic carbocycles. The van der Waals surface area contributed by atoms with Crippen molar-refractivity contribution in [3.63, 3.8) is 0 Å². The number of para-hydroxylation sites is 1. The maximum atomic E-state index is 15.5. The Balaban J connectivity index is 1.47. The van der Waals surface area contributed by atoms with Gasteiger partial charge in [-0.05, 0) is 114 Å². The van der Waals surface area contributed by atoms with Crippen molar-refractivity contribution in [2.45, 2.75) is 184 Å². The highest BCUT2D eigenvalue weighted by atomic mass is 33.1. The largest absolute Gasteiger partial charge is 0.480 e. The van der Waals surface area contributed by atoms with Crippen molar-refractivity contribution in [1.82, 2.24) is 52.8 Å². The van der Waals surface area contributed by atoms with Gasteiger partial charge in [0.1, 0.15) is 36.0 Å². The van der Waals surface area contributed by atoms with Gasteiger partial charge >= 0.3 is 5.97 Å². The van der Waals surface area contributed by atoms with E-state index < -0.39 is 235 Å². The number of ketones is 4. The molecule has 1 saturated heterocycles. The second-order valence-corrected chi connectivity index (χ2v) is 31.3. The van der Waals surface area contributed by atoms with Gasteiger partial charge in [-0.25, -0.2) is 4.79 Å². The lowest BCUT2D eigenvalue weighted by molar-refractivity contribution is -0.142. The molecule has 1 aliphatic heterocycles. The maximum Gasteiger partial charge on any atom is 0.327 e. The molecule has 115 heavy (non-hydrogen) atoms. The summed E-state index contributed by atoms with van der Waals surface area (Å²) in [6.45, 7) is 2.20.